The molecule has 1 fully saturated rings. The first-order chi connectivity index (χ1) is 6.31. The van der Waals surface area contributed by atoms with E-state index in [4.69, 9.17) is 10.5 Å². The zero-order valence-corrected chi connectivity index (χ0v) is 8.74. The third-order valence-corrected chi connectivity index (χ3v) is 1.98. The van der Waals surface area contributed by atoms with Gasteiger partial charge in [-0.15, -0.1) is 0 Å². The first-order valence-corrected chi connectivity index (χ1v) is 4.60. The first-order valence-electron chi connectivity index (χ1n) is 4.60. The normalized spacial score (nSPS) is 21.4. The number of carbonyl (C=O) groups excluding carboxylic acids is 2. The van der Waals surface area contributed by atoms with Crippen molar-refractivity contribution >= 4 is 12.0 Å². The predicted molar refractivity (Wildman–Crippen MR) is 50.5 cm³/mol. The Bertz CT molecular complexity index is 257. The molecule has 1 rings (SSSR count). The minimum atomic E-state index is -0.533. The maximum atomic E-state index is 11.5. The van der Waals surface area contributed by atoms with Crippen molar-refractivity contribution in [1.29, 1.82) is 0 Å². The molecule has 5 heteroatoms. The number of carbonyl (C=O) groups is 2. The van der Waals surface area contributed by atoms with Crippen LogP contribution in [0, 0.1) is 0 Å². The van der Waals surface area contributed by atoms with Crippen LogP contribution in [0.2, 0.25) is 0 Å². The molecular formula is C9H16N2O3. The number of amides is 2. The lowest BCUT2D eigenvalue weighted by atomic mass is 10.0. The summed E-state index contributed by atoms with van der Waals surface area (Å²) < 4.78 is 5.10. The van der Waals surface area contributed by atoms with Crippen molar-refractivity contribution < 1.29 is 14.3 Å². The average Bonchev–Trinajstić information content (AvgIpc) is 1.75. The molecule has 1 heterocycles. The Hall–Kier alpha value is -1.26. The van der Waals surface area contributed by atoms with E-state index in [9.17, 15) is 9.59 Å². The van der Waals surface area contributed by atoms with Gasteiger partial charge in [0.05, 0.1) is 0 Å². The monoisotopic (exact) mass is 200 g/mol. The number of likely N-dealkylation sites (tertiary alicyclic amines) is 1. The lowest BCUT2D eigenvalue weighted by molar-refractivity contribution is -0.127. The van der Waals surface area contributed by atoms with Crippen LogP contribution in [0.1, 0.15) is 27.2 Å². The van der Waals surface area contributed by atoms with Crippen LogP contribution in [0.15, 0.2) is 0 Å². The molecule has 0 bridgehead atoms. The van der Waals surface area contributed by atoms with Crippen molar-refractivity contribution in [3.05, 3.63) is 0 Å². The summed E-state index contributed by atoms with van der Waals surface area (Å²) in [6.45, 7) is 5.89. The van der Waals surface area contributed by atoms with Gasteiger partial charge in [0, 0.05) is 6.54 Å². The van der Waals surface area contributed by atoms with Gasteiger partial charge in [0.2, 0.25) is 5.91 Å². The molecule has 1 saturated heterocycles. The van der Waals surface area contributed by atoms with E-state index >= 15 is 0 Å². The molecule has 0 aromatic carbocycles. The Morgan fingerprint density at radius 1 is 1.43 bits per heavy atom. The SMILES string of the molecule is CC(C)(C)OC(=O)N1CCC1C(N)=O. The molecule has 0 saturated carbocycles. The molecule has 1 aliphatic heterocycles. The molecule has 14 heavy (non-hydrogen) atoms. The Balaban J connectivity index is 2.51. The zero-order chi connectivity index (χ0) is 10.9. The van der Waals surface area contributed by atoms with Crippen LogP contribution in [0.3, 0.4) is 0 Å². The lowest BCUT2D eigenvalue weighted by Crippen LogP contribution is -2.58. The largest absolute Gasteiger partial charge is 0.444 e. The van der Waals surface area contributed by atoms with Gasteiger partial charge < -0.3 is 10.5 Å². The van der Waals surface area contributed by atoms with Gasteiger partial charge >= 0.3 is 6.09 Å². The molecule has 0 radical (unpaired) electrons. The summed E-state index contributed by atoms with van der Waals surface area (Å²) in [5.41, 5.74) is 4.57. The molecule has 0 aromatic rings. The van der Waals surface area contributed by atoms with Crippen LogP contribution < -0.4 is 5.73 Å². The summed E-state index contributed by atoms with van der Waals surface area (Å²) in [6, 6.07) is -0.482. The van der Waals surface area contributed by atoms with E-state index in [1.54, 1.807) is 20.8 Å². The summed E-state index contributed by atoms with van der Waals surface area (Å²) >= 11 is 0. The van der Waals surface area contributed by atoms with E-state index in [0.717, 1.165) is 0 Å². The Morgan fingerprint density at radius 3 is 2.29 bits per heavy atom. The molecule has 5 nitrogen and oxygen atoms in total. The van der Waals surface area contributed by atoms with E-state index in [0.29, 0.717) is 13.0 Å². The van der Waals surface area contributed by atoms with Crippen molar-refractivity contribution in [3.63, 3.8) is 0 Å². The highest BCUT2D eigenvalue weighted by Gasteiger charge is 2.38. The molecule has 0 aliphatic carbocycles. The van der Waals surface area contributed by atoms with Crippen molar-refractivity contribution in [2.45, 2.75) is 38.8 Å². The Kier molecular flexibility index (Phi) is 2.69. The number of rotatable bonds is 1. The van der Waals surface area contributed by atoms with Crippen molar-refractivity contribution in [3.8, 4) is 0 Å². The number of hydrogen-bond acceptors (Lipinski definition) is 3. The summed E-state index contributed by atoms with van der Waals surface area (Å²) in [7, 11) is 0. The summed E-state index contributed by atoms with van der Waals surface area (Å²) in [5.74, 6) is -0.470. The molecule has 1 aliphatic rings. The molecule has 1 atom stereocenters. The van der Waals surface area contributed by atoms with Crippen molar-refractivity contribution in [1.82, 2.24) is 4.90 Å². The van der Waals surface area contributed by atoms with Crippen LogP contribution in [-0.4, -0.2) is 35.1 Å². The molecule has 80 valence electrons. The van der Waals surface area contributed by atoms with Gasteiger partial charge in [-0.05, 0) is 27.2 Å². The Morgan fingerprint density at radius 2 is 2.00 bits per heavy atom. The third kappa shape index (κ3) is 2.37. The number of ether oxygens (including phenoxy) is 1. The third-order valence-electron chi connectivity index (χ3n) is 1.98. The lowest BCUT2D eigenvalue weighted by Gasteiger charge is -2.39. The van der Waals surface area contributed by atoms with Crippen molar-refractivity contribution in [2.75, 3.05) is 6.54 Å². The predicted octanol–water partition coefficient (Wildman–Crippen LogP) is 0.481. The highest BCUT2D eigenvalue weighted by molar-refractivity contribution is 5.85. The number of primary amides is 1. The number of nitrogens with zero attached hydrogens (tertiary/aromatic N) is 1. The van der Waals surface area contributed by atoms with Gasteiger partial charge in [-0.25, -0.2) is 4.79 Å². The maximum Gasteiger partial charge on any atom is 0.410 e. The topological polar surface area (TPSA) is 72.6 Å². The number of nitrogens with two attached hydrogens (primary N) is 1. The van der Waals surface area contributed by atoms with E-state index < -0.39 is 23.6 Å². The fourth-order valence-corrected chi connectivity index (χ4v) is 1.22. The molecule has 0 spiro atoms. The van der Waals surface area contributed by atoms with Crippen LogP contribution in [0.25, 0.3) is 0 Å². The van der Waals surface area contributed by atoms with Gasteiger partial charge in [0.15, 0.2) is 0 Å². The fourth-order valence-electron chi connectivity index (χ4n) is 1.22. The molecule has 0 aromatic heterocycles. The quantitative estimate of drug-likeness (QED) is 0.669. The second kappa shape index (κ2) is 3.48. The van der Waals surface area contributed by atoms with E-state index in [2.05, 4.69) is 0 Å². The van der Waals surface area contributed by atoms with Gasteiger partial charge in [-0.1, -0.05) is 0 Å². The van der Waals surface area contributed by atoms with Crippen LogP contribution >= 0.6 is 0 Å². The van der Waals surface area contributed by atoms with E-state index in [-0.39, 0.29) is 0 Å². The average molecular weight is 200 g/mol. The summed E-state index contributed by atoms with van der Waals surface area (Å²) in [6.07, 6.45) is 0.168. The summed E-state index contributed by atoms with van der Waals surface area (Å²) in [4.78, 5) is 23.6. The second-order valence-corrected chi connectivity index (χ2v) is 4.38. The van der Waals surface area contributed by atoms with Gasteiger partial charge in [-0.3, -0.25) is 9.69 Å². The smallest absolute Gasteiger partial charge is 0.410 e. The van der Waals surface area contributed by atoms with Gasteiger partial charge in [0.1, 0.15) is 11.6 Å². The highest BCUT2D eigenvalue weighted by Crippen LogP contribution is 2.20. The van der Waals surface area contributed by atoms with E-state index in [1.165, 1.54) is 4.90 Å². The van der Waals surface area contributed by atoms with Crippen molar-refractivity contribution in [2.24, 2.45) is 5.73 Å². The van der Waals surface area contributed by atoms with Crippen LogP contribution in [-0.2, 0) is 9.53 Å². The maximum absolute atomic E-state index is 11.5. The van der Waals surface area contributed by atoms with Crippen LogP contribution in [0.5, 0.6) is 0 Å². The molecular weight excluding hydrogens is 184 g/mol. The molecule has 2 N–H and O–H groups in total. The number of hydrogen-bond donors (Lipinski definition) is 1. The van der Waals surface area contributed by atoms with Crippen LogP contribution in [0.4, 0.5) is 4.79 Å². The minimum absolute atomic E-state index is 0.465. The van der Waals surface area contributed by atoms with E-state index in [1.807, 2.05) is 0 Å². The van der Waals surface area contributed by atoms with Gasteiger partial charge in [-0.2, -0.15) is 0 Å². The standard InChI is InChI=1S/C9H16N2O3/c1-9(2,3)14-8(13)11-5-4-6(11)7(10)12/h6H,4-5H2,1-3H3,(H2,10,12). The Labute approximate surface area is 83.2 Å². The first kappa shape index (κ1) is 10.8. The molecule has 1 unspecified atom stereocenters. The highest BCUT2D eigenvalue weighted by atomic mass is 16.6. The minimum Gasteiger partial charge on any atom is -0.444 e. The fraction of sp³-hybridized carbons (Fsp3) is 0.778. The molecule has 2 amide bonds. The second-order valence-electron chi connectivity index (χ2n) is 4.38. The van der Waals surface area contributed by atoms with Gasteiger partial charge in [0.25, 0.3) is 0 Å². The summed E-state index contributed by atoms with van der Waals surface area (Å²) in [5, 5.41) is 0. The zero-order valence-electron chi connectivity index (χ0n) is 8.74.